The number of nitrogens with one attached hydrogen (secondary N) is 1. The molecule has 21 heavy (non-hydrogen) atoms. The third kappa shape index (κ3) is 3.50. The Bertz CT molecular complexity index is 632. The maximum atomic E-state index is 14.4. The van der Waals surface area contributed by atoms with Crippen molar-refractivity contribution in [2.75, 3.05) is 6.54 Å². The molecule has 2 aromatic rings. The lowest BCUT2D eigenvalue weighted by molar-refractivity contribution is 0.550. The molecule has 112 valence electrons. The Hall–Kier alpha value is -1.26. The van der Waals surface area contributed by atoms with Gasteiger partial charge in [0, 0.05) is 5.56 Å². The molecule has 0 aliphatic carbocycles. The van der Waals surface area contributed by atoms with Crippen molar-refractivity contribution in [1.29, 1.82) is 0 Å². The zero-order valence-corrected chi connectivity index (χ0v) is 13.9. The molecule has 0 aliphatic heterocycles. The van der Waals surface area contributed by atoms with Crippen LogP contribution in [0.3, 0.4) is 0 Å². The molecule has 0 amide bonds. The molecule has 0 spiro atoms. The SMILES string of the molecule is CCNC(c1ccc(Br)c(F)c1)c1c(C)cc(C)cc1F. The summed E-state index contributed by atoms with van der Waals surface area (Å²) >= 11 is 3.14. The minimum absolute atomic E-state index is 0.262. The molecule has 0 saturated heterocycles. The van der Waals surface area contributed by atoms with Gasteiger partial charge in [0.25, 0.3) is 0 Å². The van der Waals surface area contributed by atoms with E-state index in [9.17, 15) is 8.78 Å². The van der Waals surface area contributed by atoms with Gasteiger partial charge in [-0.15, -0.1) is 0 Å². The first-order valence-electron chi connectivity index (χ1n) is 6.89. The zero-order valence-electron chi connectivity index (χ0n) is 12.3. The van der Waals surface area contributed by atoms with Crippen LogP contribution < -0.4 is 5.32 Å². The maximum absolute atomic E-state index is 14.4. The molecule has 4 heteroatoms. The molecule has 0 saturated carbocycles. The van der Waals surface area contributed by atoms with Gasteiger partial charge in [0.15, 0.2) is 0 Å². The summed E-state index contributed by atoms with van der Waals surface area (Å²) in [5, 5.41) is 3.24. The average molecular weight is 354 g/mol. The molecule has 0 radical (unpaired) electrons. The first kappa shape index (κ1) is 16.1. The van der Waals surface area contributed by atoms with Crippen molar-refractivity contribution in [2.45, 2.75) is 26.8 Å². The smallest absolute Gasteiger partial charge is 0.137 e. The highest BCUT2D eigenvalue weighted by Crippen LogP contribution is 2.30. The van der Waals surface area contributed by atoms with Crippen molar-refractivity contribution in [3.8, 4) is 0 Å². The second-order valence-electron chi connectivity index (χ2n) is 5.14. The third-order valence-electron chi connectivity index (χ3n) is 3.45. The molecule has 0 fully saturated rings. The number of rotatable bonds is 4. The van der Waals surface area contributed by atoms with Gasteiger partial charge in [-0.2, -0.15) is 0 Å². The number of hydrogen-bond donors (Lipinski definition) is 1. The Morgan fingerprint density at radius 2 is 1.81 bits per heavy atom. The minimum Gasteiger partial charge on any atom is -0.306 e. The van der Waals surface area contributed by atoms with E-state index in [1.165, 1.54) is 12.1 Å². The van der Waals surface area contributed by atoms with Crippen LogP contribution in [0.15, 0.2) is 34.8 Å². The van der Waals surface area contributed by atoms with Gasteiger partial charge < -0.3 is 5.32 Å². The Kier molecular flexibility index (Phi) is 5.12. The summed E-state index contributed by atoms with van der Waals surface area (Å²) in [5.41, 5.74) is 3.03. The van der Waals surface area contributed by atoms with Crippen LogP contribution in [0, 0.1) is 25.5 Å². The van der Waals surface area contributed by atoms with Crippen molar-refractivity contribution in [3.63, 3.8) is 0 Å². The van der Waals surface area contributed by atoms with Gasteiger partial charge in [-0.25, -0.2) is 8.78 Å². The van der Waals surface area contributed by atoms with Crippen molar-refractivity contribution >= 4 is 15.9 Å². The van der Waals surface area contributed by atoms with Gasteiger partial charge in [-0.3, -0.25) is 0 Å². The van der Waals surface area contributed by atoms with Gasteiger partial charge in [0.05, 0.1) is 10.5 Å². The van der Waals surface area contributed by atoms with E-state index in [-0.39, 0.29) is 17.7 Å². The van der Waals surface area contributed by atoms with Gasteiger partial charge in [-0.05, 0) is 71.2 Å². The Labute approximate surface area is 132 Å². The van der Waals surface area contributed by atoms with Crippen molar-refractivity contribution in [1.82, 2.24) is 5.32 Å². The molecule has 0 heterocycles. The summed E-state index contributed by atoms with van der Waals surface area (Å²) in [6.07, 6.45) is 0. The topological polar surface area (TPSA) is 12.0 Å². The molecule has 1 atom stereocenters. The van der Waals surface area contributed by atoms with Crippen LogP contribution in [-0.4, -0.2) is 6.54 Å². The fourth-order valence-corrected chi connectivity index (χ4v) is 2.82. The normalized spacial score (nSPS) is 12.5. The third-order valence-corrected chi connectivity index (χ3v) is 4.10. The van der Waals surface area contributed by atoms with Crippen LogP contribution in [-0.2, 0) is 0 Å². The summed E-state index contributed by atoms with van der Waals surface area (Å²) in [6.45, 7) is 6.35. The number of aryl methyl sites for hydroxylation is 2. The van der Waals surface area contributed by atoms with Crippen LogP contribution in [0.4, 0.5) is 8.78 Å². The molecule has 0 bridgehead atoms. The summed E-state index contributed by atoms with van der Waals surface area (Å²) in [6, 6.07) is 7.99. The monoisotopic (exact) mass is 353 g/mol. The van der Waals surface area contributed by atoms with Crippen molar-refractivity contribution < 1.29 is 8.78 Å². The average Bonchev–Trinajstić information content (AvgIpc) is 2.40. The molecule has 1 N–H and O–H groups in total. The van der Waals surface area contributed by atoms with E-state index >= 15 is 0 Å². The largest absolute Gasteiger partial charge is 0.306 e. The van der Waals surface area contributed by atoms with E-state index in [1.807, 2.05) is 26.8 Å². The summed E-state index contributed by atoms with van der Waals surface area (Å²) in [4.78, 5) is 0. The summed E-state index contributed by atoms with van der Waals surface area (Å²) < 4.78 is 28.6. The molecule has 1 nitrogen and oxygen atoms in total. The minimum atomic E-state index is -0.363. The first-order valence-corrected chi connectivity index (χ1v) is 7.68. The van der Waals surface area contributed by atoms with Gasteiger partial charge in [0.1, 0.15) is 11.6 Å². The Balaban J connectivity index is 2.55. The number of benzene rings is 2. The van der Waals surface area contributed by atoms with Crippen molar-refractivity contribution in [2.24, 2.45) is 0 Å². The van der Waals surface area contributed by atoms with E-state index in [1.54, 1.807) is 12.1 Å². The first-order chi connectivity index (χ1) is 9.93. The number of halogens is 3. The van der Waals surface area contributed by atoms with Gasteiger partial charge in [0.2, 0.25) is 0 Å². The fourth-order valence-electron chi connectivity index (χ4n) is 2.58. The fraction of sp³-hybridized carbons (Fsp3) is 0.294. The Morgan fingerprint density at radius 1 is 1.10 bits per heavy atom. The van der Waals surface area contributed by atoms with Crippen LogP contribution >= 0.6 is 15.9 Å². The highest BCUT2D eigenvalue weighted by atomic mass is 79.9. The van der Waals surface area contributed by atoms with E-state index in [0.717, 1.165) is 11.1 Å². The summed E-state index contributed by atoms with van der Waals surface area (Å²) in [5.74, 6) is -0.609. The molecular weight excluding hydrogens is 336 g/mol. The predicted octanol–water partition coefficient (Wildman–Crippen LogP) is 5.04. The zero-order chi connectivity index (χ0) is 15.6. The summed E-state index contributed by atoms with van der Waals surface area (Å²) in [7, 11) is 0. The Morgan fingerprint density at radius 3 is 2.38 bits per heavy atom. The van der Waals surface area contributed by atoms with Crippen molar-refractivity contribution in [3.05, 3.63) is 68.7 Å². The molecular formula is C17H18BrF2N. The lowest BCUT2D eigenvalue weighted by Gasteiger charge is -2.22. The standard InChI is InChI=1S/C17H18BrF2N/c1-4-21-17(12-5-6-13(18)14(19)9-12)16-11(3)7-10(2)8-15(16)20/h5-9,17,21H,4H2,1-3H3. The number of hydrogen-bond acceptors (Lipinski definition) is 1. The maximum Gasteiger partial charge on any atom is 0.137 e. The van der Waals surface area contributed by atoms with Gasteiger partial charge in [-0.1, -0.05) is 19.1 Å². The molecule has 1 unspecified atom stereocenters. The van der Waals surface area contributed by atoms with Crippen LogP contribution in [0.2, 0.25) is 0 Å². The molecule has 0 aliphatic rings. The van der Waals surface area contributed by atoms with E-state index in [4.69, 9.17) is 0 Å². The van der Waals surface area contributed by atoms with Crippen LogP contribution in [0.1, 0.15) is 35.2 Å². The van der Waals surface area contributed by atoms with Gasteiger partial charge >= 0.3 is 0 Å². The lowest BCUT2D eigenvalue weighted by atomic mass is 9.93. The quantitative estimate of drug-likeness (QED) is 0.811. The highest BCUT2D eigenvalue weighted by molar-refractivity contribution is 9.10. The van der Waals surface area contributed by atoms with Crippen LogP contribution in [0.25, 0.3) is 0 Å². The van der Waals surface area contributed by atoms with Crippen LogP contribution in [0.5, 0.6) is 0 Å². The predicted molar refractivity (Wildman–Crippen MR) is 85.5 cm³/mol. The van der Waals surface area contributed by atoms with E-state index < -0.39 is 0 Å². The second kappa shape index (κ2) is 6.67. The van der Waals surface area contributed by atoms with E-state index in [0.29, 0.717) is 22.1 Å². The second-order valence-corrected chi connectivity index (χ2v) is 6.00. The molecule has 0 aromatic heterocycles. The van der Waals surface area contributed by atoms with E-state index in [2.05, 4.69) is 21.2 Å². The molecule has 2 rings (SSSR count). The highest BCUT2D eigenvalue weighted by Gasteiger charge is 2.20. The lowest BCUT2D eigenvalue weighted by Crippen LogP contribution is -2.24. The molecule has 2 aromatic carbocycles.